The van der Waals surface area contributed by atoms with Crippen LogP contribution in [0, 0.1) is 16.7 Å². The van der Waals surface area contributed by atoms with Gasteiger partial charge in [0.25, 0.3) is 0 Å². The lowest BCUT2D eigenvalue weighted by molar-refractivity contribution is -0.156. The number of hydrogen-bond acceptors (Lipinski definition) is 5. The molecule has 1 spiro atoms. The van der Waals surface area contributed by atoms with Crippen molar-refractivity contribution in [1.82, 2.24) is 4.72 Å². The van der Waals surface area contributed by atoms with Gasteiger partial charge in [-0.15, -0.1) is 0 Å². The summed E-state index contributed by atoms with van der Waals surface area (Å²) in [6.45, 7) is 8.62. The molecule has 2 bridgehead atoms. The second-order valence-electron chi connectivity index (χ2n) is 9.19. The van der Waals surface area contributed by atoms with E-state index in [0.29, 0.717) is 5.92 Å². The number of fused-ring (bicyclic) bond motifs is 3. The molecule has 1 aromatic carbocycles. The van der Waals surface area contributed by atoms with Crippen LogP contribution in [0.2, 0.25) is 0 Å². The van der Waals surface area contributed by atoms with Gasteiger partial charge in [0.15, 0.2) is 4.93 Å². The van der Waals surface area contributed by atoms with Crippen molar-refractivity contribution >= 4 is 27.8 Å². The Morgan fingerprint density at radius 3 is 2.48 bits per heavy atom. The van der Waals surface area contributed by atoms with Crippen molar-refractivity contribution in [3.63, 3.8) is 0 Å². The Morgan fingerprint density at radius 2 is 1.93 bits per heavy atom. The molecule has 3 fully saturated rings. The highest BCUT2D eigenvalue weighted by molar-refractivity contribution is 8.02. The van der Waals surface area contributed by atoms with E-state index in [1.54, 1.807) is 42.5 Å². The van der Waals surface area contributed by atoms with Gasteiger partial charge in [-0.3, -0.25) is 4.79 Å². The van der Waals surface area contributed by atoms with Crippen LogP contribution in [-0.4, -0.2) is 30.6 Å². The fourth-order valence-electron chi connectivity index (χ4n) is 5.49. The standard InChI is InChI=1S/C22H29NO4S2/c1-5-9-17(23-29(25,26)16-10-7-6-8-11-16)18-19(24)27-22(28-18)14-15-12-13-21(22,4)20(15,2)3/h5-11,15,17-18,23H,12-14H2,1-4H3/b9-5+/t15-,17+,18+,21-,22+/m1/s1. The van der Waals surface area contributed by atoms with Crippen molar-refractivity contribution in [2.45, 2.75) is 68.1 Å². The SMILES string of the molecule is C/C=C/[C@H](NS(=O)(=O)c1ccccc1)[C@@H]1S[C@]2(C[C@H]3CC[C@]2(C)C3(C)C)OC1=O. The molecular formula is C22H29NO4S2. The van der Waals surface area contributed by atoms with Crippen molar-refractivity contribution < 1.29 is 17.9 Å². The fourth-order valence-corrected chi connectivity index (χ4v) is 8.71. The maximum atomic E-state index is 13.0. The molecule has 2 saturated carbocycles. The molecule has 0 aromatic heterocycles. The van der Waals surface area contributed by atoms with E-state index >= 15 is 0 Å². The predicted molar refractivity (Wildman–Crippen MR) is 115 cm³/mol. The molecule has 4 rings (SSSR count). The summed E-state index contributed by atoms with van der Waals surface area (Å²) in [5.41, 5.74) is -0.0205. The van der Waals surface area contributed by atoms with E-state index < -0.39 is 26.2 Å². The molecule has 1 saturated heterocycles. The normalized spacial score (nSPS) is 36.8. The highest BCUT2D eigenvalue weighted by atomic mass is 32.2. The third kappa shape index (κ3) is 3.00. The fraction of sp³-hybridized carbons (Fsp3) is 0.591. The van der Waals surface area contributed by atoms with E-state index in [-0.39, 0.29) is 21.7 Å². The van der Waals surface area contributed by atoms with Gasteiger partial charge in [0.05, 0.1) is 10.9 Å². The molecule has 1 aliphatic heterocycles. The topological polar surface area (TPSA) is 72.5 Å². The predicted octanol–water partition coefficient (Wildman–Crippen LogP) is 4.11. The Hall–Kier alpha value is -1.31. The zero-order valence-corrected chi connectivity index (χ0v) is 19.0. The lowest BCUT2D eigenvalue weighted by Gasteiger charge is -2.44. The lowest BCUT2D eigenvalue weighted by atomic mass is 9.69. The van der Waals surface area contributed by atoms with Gasteiger partial charge in [-0.1, -0.05) is 62.9 Å². The molecule has 1 heterocycles. The van der Waals surface area contributed by atoms with Crippen LogP contribution in [0.25, 0.3) is 0 Å². The summed E-state index contributed by atoms with van der Waals surface area (Å²) < 4.78 is 34.6. The second kappa shape index (κ2) is 6.86. The zero-order chi connectivity index (χ0) is 21.1. The summed E-state index contributed by atoms with van der Waals surface area (Å²) in [6.07, 6.45) is 6.56. The zero-order valence-electron chi connectivity index (χ0n) is 17.3. The number of carbonyl (C=O) groups is 1. The summed E-state index contributed by atoms with van der Waals surface area (Å²) in [7, 11) is -3.75. The quantitative estimate of drug-likeness (QED) is 0.557. The van der Waals surface area contributed by atoms with Crippen LogP contribution in [0.15, 0.2) is 47.4 Å². The van der Waals surface area contributed by atoms with Crippen molar-refractivity contribution in [3.8, 4) is 0 Å². The maximum Gasteiger partial charge on any atom is 0.322 e. The van der Waals surface area contributed by atoms with Gasteiger partial charge in [0.1, 0.15) is 5.25 Å². The highest BCUT2D eigenvalue weighted by Gasteiger charge is 2.74. The van der Waals surface area contributed by atoms with Gasteiger partial charge >= 0.3 is 5.97 Å². The molecule has 158 valence electrons. The molecule has 0 radical (unpaired) electrons. The molecule has 1 N–H and O–H groups in total. The van der Waals surface area contributed by atoms with Crippen LogP contribution in [0.1, 0.15) is 47.0 Å². The van der Waals surface area contributed by atoms with Crippen molar-refractivity contribution in [2.75, 3.05) is 0 Å². The van der Waals surface area contributed by atoms with Gasteiger partial charge in [-0.25, -0.2) is 13.1 Å². The number of benzene rings is 1. The summed E-state index contributed by atoms with van der Waals surface area (Å²) in [5, 5.41) is -0.600. The highest BCUT2D eigenvalue weighted by Crippen LogP contribution is 2.75. The summed E-state index contributed by atoms with van der Waals surface area (Å²) in [4.78, 5) is 12.6. The number of thioether (sulfide) groups is 1. The third-order valence-corrected chi connectivity index (χ3v) is 11.0. The minimum atomic E-state index is -3.75. The van der Waals surface area contributed by atoms with E-state index in [1.807, 2.05) is 6.92 Å². The minimum Gasteiger partial charge on any atom is -0.446 e. The van der Waals surface area contributed by atoms with E-state index in [1.165, 1.54) is 11.8 Å². The van der Waals surface area contributed by atoms with Crippen LogP contribution in [0.4, 0.5) is 0 Å². The molecule has 3 aliphatic rings. The minimum absolute atomic E-state index is 0.0921. The van der Waals surface area contributed by atoms with E-state index in [9.17, 15) is 13.2 Å². The third-order valence-electron chi connectivity index (χ3n) is 7.68. The average Bonchev–Trinajstić information content (AvgIpc) is 3.17. The van der Waals surface area contributed by atoms with Gasteiger partial charge in [-0.2, -0.15) is 0 Å². The van der Waals surface area contributed by atoms with Crippen LogP contribution in [0.5, 0.6) is 0 Å². The average molecular weight is 436 g/mol. The molecule has 7 heteroatoms. The number of nitrogens with one attached hydrogen (secondary N) is 1. The first-order chi connectivity index (χ1) is 13.6. The number of allylic oxidation sites excluding steroid dienone is 1. The first-order valence-electron chi connectivity index (χ1n) is 10.2. The number of hydrogen-bond donors (Lipinski definition) is 1. The first-order valence-corrected chi connectivity index (χ1v) is 12.5. The molecule has 0 amide bonds. The second-order valence-corrected chi connectivity index (χ2v) is 12.3. The van der Waals surface area contributed by atoms with Crippen molar-refractivity contribution in [2.24, 2.45) is 16.7 Å². The molecule has 2 aliphatic carbocycles. The van der Waals surface area contributed by atoms with Crippen LogP contribution in [-0.2, 0) is 19.6 Å². The van der Waals surface area contributed by atoms with Crippen LogP contribution >= 0.6 is 11.8 Å². The van der Waals surface area contributed by atoms with Gasteiger partial charge in [0.2, 0.25) is 10.0 Å². The molecule has 5 atom stereocenters. The van der Waals surface area contributed by atoms with Crippen molar-refractivity contribution in [1.29, 1.82) is 0 Å². The first kappa shape index (κ1) is 20.9. The van der Waals surface area contributed by atoms with Gasteiger partial charge in [-0.05, 0) is 43.2 Å². The number of esters is 1. The molecule has 29 heavy (non-hydrogen) atoms. The Kier molecular flexibility index (Phi) is 4.95. The smallest absolute Gasteiger partial charge is 0.322 e. The number of carbonyl (C=O) groups excluding carboxylic acids is 1. The summed E-state index contributed by atoms with van der Waals surface area (Å²) >= 11 is 1.53. The molecule has 1 aromatic rings. The molecule has 5 nitrogen and oxygen atoms in total. The van der Waals surface area contributed by atoms with Crippen LogP contribution in [0.3, 0.4) is 0 Å². The maximum absolute atomic E-state index is 13.0. The van der Waals surface area contributed by atoms with E-state index in [0.717, 1.165) is 19.3 Å². The Morgan fingerprint density at radius 1 is 1.24 bits per heavy atom. The Balaban J connectivity index is 1.62. The van der Waals surface area contributed by atoms with Crippen LogP contribution < -0.4 is 4.72 Å². The number of ether oxygens (including phenoxy) is 1. The summed E-state index contributed by atoms with van der Waals surface area (Å²) in [5.74, 6) is 0.200. The molecular weight excluding hydrogens is 406 g/mol. The number of rotatable bonds is 5. The van der Waals surface area contributed by atoms with Gasteiger partial charge < -0.3 is 4.74 Å². The summed E-state index contributed by atoms with van der Waals surface area (Å²) in [6, 6.07) is 7.59. The Labute approximate surface area is 177 Å². The largest absolute Gasteiger partial charge is 0.446 e. The van der Waals surface area contributed by atoms with Gasteiger partial charge in [0, 0.05) is 11.8 Å². The van der Waals surface area contributed by atoms with Crippen molar-refractivity contribution in [3.05, 3.63) is 42.5 Å². The number of sulfonamides is 1. The van der Waals surface area contributed by atoms with E-state index in [2.05, 4.69) is 25.5 Å². The molecule has 0 unspecified atom stereocenters. The lowest BCUT2D eigenvalue weighted by Crippen LogP contribution is -2.45. The Bertz CT molecular complexity index is 943. The monoisotopic (exact) mass is 435 g/mol. The van der Waals surface area contributed by atoms with E-state index in [4.69, 9.17) is 4.74 Å².